The summed E-state index contributed by atoms with van der Waals surface area (Å²) in [6.45, 7) is 3.88. The van der Waals surface area contributed by atoms with Crippen molar-refractivity contribution in [3.05, 3.63) is 35.7 Å². The van der Waals surface area contributed by atoms with Crippen molar-refractivity contribution in [3.63, 3.8) is 0 Å². The molecule has 1 aromatic heterocycles. The molecule has 0 aliphatic heterocycles. The molecule has 18 heavy (non-hydrogen) atoms. The molecule has 0 spiro atoms. The highest BCUT2D eigenvalue weighted by Crippen LogP contribution is 2.18. The van der Waals surface area contributed by atoms with E-state index in [0.717, 1.165) is 11.1 Å². The summed E-state index contributed by atoms with van der Waals surface area (Å²) in [5.41, 5.74) is 2.16. The summed E-state index contributed by atoms with van der Waals surface area (Å²) in [6, 6.07) is 5.80. The number of anilines is 1. The van der Waals surface area contributed by atoms with Crippen LogP contribution in [-0.2, 0) is 4.79 Å². The lowest BCUT2D eigenvalue weighted by atomic mass is 10.1. The molecule has 0 saturated heterocycles. The Morgan fingerprint density at radius 1 is 1.44 bits per heavy atom. The van der Waals surface area contributed by atoms with Gasteiger partial charge in [-0.2, -0.15) is 10.1 Å². The van der Waals surface area contributed by atoms with Gasteiger partial charge in [0.05, 0.1) is 0 Å². The zero-order valence-electron chi connectivity index (χ0n) is 10.2. The smallest absolute Gasteiger partial charge is 0.264 e. The first-order chi connectivity index (χ1) is 8.65. The molecule has 0 atom stereocenters. The molecular formula is C12H14N4O2. The number of carbonyl (C=O) groups is 1. The van der Waals surface area contributed by atoms with Crippen molar-refractivity contribution >= 4 is 11.9 Å². The fourth-order valence-electron chi connectivity index (χ4n) is 1.54. The highest BCUT2D eigenvalue weighted by Gasteiger charge is 2.06. The van der Waals surface area contributed by atoms with Crippen LogP contribution in [0.3, 0.4) is 0 Å². The predicted molar refractivity (Wildman–Crippen MR) is 66.4 cm³/mol. The number of rotatable bonds is 4. The van der Waals surface area contributed by atoms with Crippen molar-refractivity contribution in [1.82, 2.24) is 15.2 Å². The van der Waals surface area contributed by atoms with Crippen molar-refractivity contribution in [2.75, 3.05) is 11.9 Å². The van der Waals surface area contributed by atoms with Crippen LogP contribution in [0, 0.1) is 13.8 Å². The Bertz CT molecular complexity index is 537. The molecule has 0 fully saturated rings. The SMILES string of the molecule is Cc1ccc(OCC(=O)Nc2ncn[nH]2)c(C)c1. The number of amides is 1. The van der Waals surface area contributed by atoms with Crippen LogP contribution in [0.15, 0.2) is 24.5 Å². The van der Waals surface area contributed by atoms with Crippen LogP contribution in [0.25, 0.3) is 0 Å². The van der Waals surface area contributed by atoms with E-state index in [0.29, 0.717) is 11.7 Å². The molecule has 0 saturated carbocycles. The number of H-pyrrole nitrogens is 1. The van der Waals surface area contributed by atoms with Crippen LogP contribution in [-0.4, -0.2) is 27.7 Å². The number of nitrogens with one attached hydrogen (secondary N) is 2. The Kier molecular flexibility index (Phi) is 3.57. The first kappa shape index (κ1) is 12.1. The van der Waals surface area contributed by atoms with Crippen molar-refractivity contribution in [1.29, 1.82) is 0 Å². The number of carbonyl (C=O) groups excluding carboxylic acids is 1. The molecular weight excluding hydrogens is 232 g/mol. The van der Waals surface area contributed by atoms with Gasteiger partial charge in [0.2, 0.25) is 5.95 Å². The standard InChI is InChI=1S/C12H14N4O2/c1-8-3-4-10(9(2)5-8)18-6-11(17)15-12-13-7-14-16-12/h3-5,7H,6H2,1-2H3,(H2,13,14,15,16,17). The van der Waals surface area contributed by atoms with Crippen LogP contribution in [0.5, 0.6) is 5.75 Å². The van der Waals surface area contributed by atoms with Gasteiger partial charge in [-0.15, -0.1) is 0 Å². The molecule has 94 valence electrons. The second-order valence-corrected chi connectivity index (χ2v) is 3.94. The van der Waals surface area contributed by atoms with Gasteiger partial charge in [0.25, 0.3) is 5.91 Å². The minimum Gasteiger partial charge on any atom is -0.483 e. The summed E-state index contributed by atoms with van der Waals surface area (Å²) in [5, 5.41) is 8.69. The maximum atomic E-state index is 11.5. The van der Waals surface area contributed by atoms with Crippen molar-refractivity contribution in [3.8, 4) is 5.75 Å². The van der Waals surface area contributed by atoms with Crippen LogP contribution in [0.1, 0.15) is 11.1 Å². The Morgan fingerprint density at radius 3 is 2.94 bits per heavy atom. The normalized spacial score (nSPS) is 10.1. The van der Waals surface area contributed by atoms with Gasteiger partial charge in [0.15, 0.2) is 6.61 Å². The van der Waals surface area contributed by atoms with E-state index < -0.39 is 0 Å². The van der Waals surface area contributed by atoms with E-state index in [-0.39, 0.29) is 12.5 Å². The number of hydrogen-bond donors (Lipinski definition) is 2. The largest absolute Gasteiger partial charge is 0.483 e. The molecule has 1 heterocycles. The Balaban J connectivity index is 1.89. The van der Waals surface area contributed by atoms with E-state index in [4.69, 9.17) is 4.74 Å². The predicted octanol–water partition coefficient (Wildman–Crippen LogP) is 1.44. The van der Waals surface area contributed by atoms with Gasteiger partial charge in [-0.3, -0.25) is 10.1 Å². The zero-order chi connectivity index (χ0) is 13.0. The van der Waals surface area contributed by atoms with Crippen molar-refractivity contribution < 1.29 is 9.53 Å². The maximum absolute atomic E-state index is 11.5. The molecule has 1 aromatic carbocycles. The van der Waals surface area contributed by atoms with E-state index in [1.807, 2.05) is 32.0 Å². The lowest BCUT2D eigenvalue weighted by Gasteiger charge is -2.09. The molecule has 0 aliphatic carbocycles. The average molecular weight is 246 g/mol. The van der Waals surface area contributed by atoms with Gasteiger partial charge in [-0.1, -0.05) is 17.7 Å². The molecule has 0 unspecified atom stereocenters. The summed E-state index contributed by atoms with van der Waals surface area (Å²) in [5.74, 6) is 0.726. The van der Waals surface area contributed by atoms with Gasteiger partial charge in [-0.25, -0.2) is 5.10 Å². The first-order valence-corrected chi connectivity index (χ1v) is 5.50. The van der Waals surface area contributed by atoms with Crippen molar-refractivity contribution in [2.24, 2.45) is 0 Å². The Labute approximate surface area is 104 Å². The van der Waals surface area contributed by atoms with Crippen LogP contribution >= 0.6 is 0 Å². The van der Waals surface area contributed by atoms with Gasteiger partial charge in [-0.05, 0) is 25.5 Å². The number of aromatic nitrogens is 3. The van der Waals surface area contributed by atoms with E-state index >= 15 is 0 Å². The van der Waals surface area contributed by atoms with Gasteiger partial charge >= 0.3 is 0 Å². The molecule has 1 amide bonds. The van der Waals surface area contributed by atoms with E-state index in [9.17, 15) is 4.79 Å². The summed E-state index contributed by atoms with van der Waals surface area (Å²) in [4.78, 5) is 15.3. The van der Waals surface area contributed by atoms with Crippen LogP contribution < -0.4 is 10.1 Å². The number of ether oxygens (including phenoxy) is 1. The summed E-state index contributed by atoms with van der Waals surface area (Å²) in [7, 11) is 0. The fourth-order valence-corrected chi connectivity index (χ4v) is 1.54. The fraction of sp³-hybridized carbons (Fsp3) is 0.250. The topological polar surface area (TPSA) is 79.9 Å². The van der Waals surface area contributed by atoms with Crippen molar-refractivity contribution in [2.45, 2.75) is 13.8 Å². The third kappa shape index (κ3) is 3.07. The highest BCUT2D eigenvalue weighted by molar-refractivity contribution is 5.90. The van der Waals surface area contributed by atoms with Gasteiger partial charge < -0.3 is 4.74 Å². The Morgan fingerprint density at radius 2 is 2.28 bits per heavy atom. The third-order valence-corrected chi connectivity index (χ3v) is 2.36. The number of hydrogen-bond acceptors (Lipinski definition) is 4. The summed E-state index contributed by atoms with van der Waals surface area (Å²) >= 11 is 0. The van der Waals surface area contributed by atoms with E-state index in [1.54, 1.807) is 0 Å². The number of aryl methyl sites for hydroxylation is 2. The van der Waals surface area contributed by atoms with E-state index in [1.165, 1.54) is 6.33 Å². The number of benzene rings is 1. The minimum atomic E-state index is -0.285. The molecule has 2 rings (SSSR count). The quantitative estimate of drug-likeness (QED) is 0.855. The molecule has 2 N–H and O–H groups in total. The minimum absolute atomic E-state index is 0.0649. The first-order valence-electron chi connectivity index (χ1n) is 5.50. The zero-order valence-corrected chi connectivity index (χ0v) is 10.2. The lowest BCUT2D eigenvalue weighted by molar-refractivity contribution is -0.118. The van der Waals surface area contributed by atoms with Crippen LogP contribution in [0.2, 0.25) is 0 Å². The summed E-state index contributed by atoms with van der Waals surface area (Å²) in [6.07, 6.45) is 1.32. The molecule has 0 bridgehead atoms. The van der Waals surface area contributed by atoms with Gasteiger partial charge in [0, 0.05) is 0 Å². The lowest BCUT2D eigenvalue weighted by Crippen LogP contribution is -2.21. The number of nitrogens with zero attached hydrogens (tertiary/aromatic N) is 2. The second kappa shape index (κ2) is 5.31. The molecule has 2 aromatic rings. The summed E-state index contributed by atoms with van der Waals surface area (Å²) < 4.78 is 5.43. The van der Waals surface area contributed by atoms with Gasteiger partial charge in [0.1, 0.15) is 12.1 Å². The number of aromatic amines is 1. The molecule has 6 heteroatoms. The third-order valence-electron chi connectivity index (χ3n) is 2.36. The average Bonchev–Trinajstić information content (AvgIpc) is 2.80. The Hall–Kier alpha value is -2.37. The monoisotopic (exact) mass is 246 g/mol. The molecule has 0 aliphatic rings. The highest BCUT2D eigenvalue weighted by atomic mass is 16.5. The van der Waals surface area contributed by atoms with E-state index in [2.05, 4.69) is 20.5 Å². The molecule has 6 nitrogen and oxygen atoms in total. The molecule has 0 radical (unpaired) electrons. The maximum Gasteiger partial charge on any atom is 0.264 e. The second-order valence-electron chi connectivity index (χ2n) is 3.94. The van der Waals surface area contributed by atoms with Crippen LogP contribution in [0.4, 0.5) is 5.95 Å².